The number of hydrogen-bond donors (Lipinski definition) is 0. The number of carbonyl (C=O) groups excluding carboxylic acids is 1. The van der Waals surface area contributed by atoms with Crippen LogP contribution < -0.4 is 0 Å². The van der Waals surface area contributed by atoms with Crippen LogP contribution in [0.1, 0.15) is 26.2 Å². The molecule has 1 aliphatic rings. The molecule has 0 radical (unpaired) electrons. The highest BCUT2D eigenvalue weighted by atomic mass is 32.2. The summed E-state index contributed by atoms with van der Waals surface area (Å²) in [5.41, 5.74) is 0. The minimum Gasteiger partial charge on any atom is -0.339 e. The van der Waals surface area contributed by atoms with Crippen molar-refractivity contribution in [2.24, 2.45) is 7.05 Å². The topological polar surface area (TPSA) is 51.0 Å². The maximum atomic E-state index is 12.4. The van der Waals surface area contributed by atoms with Gasteiger partial charge in [0, 0.05) is 19.6 Å². The molecule has 1 aliphatic heterocycles. The predicted molar refractivity (Wildman–Crippen MR) is 90.1 cm³/mol. The van der Waals surface area contributed by atoms with E-state index in [0.717, 1.165) is 35.2 Å². The fourth-order valence-corrected chi connectivity index (χ4v) is 4.28. The van der Waals surface area contributed by atoms with E-state index in [-0.39, 0.29) is 5.91 Å². The molecule has 0 spiro atoms. The Labute approximate surface area is 138 Å². The van der Waals surface area contributed by atoms with E-state index >= 15 is 0 Å². The van der Waals surface area contributed by atoms with E-state index in [1.807, 2.05) is 34.0 Å². The zero-order valence-corrected chi connectivity index (χ0v) is 14.5. The van der Waals surface area contributed by atoms with Gasteiger partial charge in [-0.1, -0.05) is 17.8 Å². The van der Waals surface area contributed by atoms with E-state index in [1.54, 1.807) is 11.3 Å². The van der Waals surface area contributed by atoms with Crippen LogP contribution in [0.15, 0.2) is 22.7 Å². The van der Waals surface area contributed by atoms with Crippen LogP contribution in [0.25, 0.3) is 10.7 Å². The number of thioether (sulfide) groups is 1. The van der Waals surface area contributed by atoms with Gasteiger partial charge >= 0.3 is 0 Å². The molecule has 1 atom stereocenters. The summed E-state index contributed by atoms with van der Waals surface area (Å²) < 4.78 is 1.96. The van der Waals surface area contributed by atoms with Gasteiger partial charge in [0.2, 0.25) is 5.91 Å². The second kappa shape index (κ2) is 6.83. The third kappa shape index (κ3) is 3.20. The number of thiophene rings is 1. The molecule has 2 aromatic heterocycles. The van der Waals surface area contributed by atoms with Crippen LogP contribution in [0, 0.1) is 0 Å². The van der Waals surface area contributed by atoms with Crippen molar-refractivity contribution in [1.82, 2.24) is 19.7 Å². The first-order valence-electron chi connectivity index (χ1n) is 7.52. The fraction of sp³-hybridized carbons (Fsp3) is 0.533. The third-order valence-corrected chi connectivity index (χ3v) is 5.90. The summed E-state index contributed by atoms with van der Waals surface area (Å²) >= 11 is 3.11. The molecule has 3 heterocycles. The molecular weight excluding hydrogens is 316 g/mol. The van der Waals surface area contributed by atoms with Gasteiger partial charge in [-0.2, -0.15) is 0 Å². The van der Waals surface area contributed by atoms with E-state index in [4.69, 9.17) is 0 Å². The van der Waals surface area contributed by atoms with Crippen LogP contribution in [0.3, 0.4) is 0 Å². The lowest BCUT2D eigenvalue weighted by atomic mass is 10.0. The molecule has 118 valence electrons. The van der Waals surface area contributed by atoms with E-state index in [1.165, 1.54) is 18.2 Å². The highest BCUT2D eigenvalue weighted by Crippen LogP contribution is 2.26. The number of piperidine rings is 1. The predicted octanol–water partition coefficient (Wildman–Crippen LogP) is 3.04. The molecule has 0 aliphatic carbocycles. The Morgan fingerprint density at radius 2 is 2.32 bits per heavy atom. The minimum atomic E-state index is 0.206. The van der Waals surface area contributed by atoms with Gasteiger partial charge in [0.05, 0.1) is 10.6 Å². The molecule has 0 bridgehead atoms. The second-order valence-electron chi connectivity index (χ2n) is 5.56. The fourth-order valence-electron chi connectivity index (χ4n) is 2.74. The van der Waals surface area contributed by atoms with Crippen LogP contribution in [0.2, 0.25) is 0 Å². The van der Waals surface area contributed by atoms with Crippen LogP contribution in [-0.4, -0.2) is 43.9 Å². The third-order valence-electron chi connectivity index (χ3n) is 4.02. The SMILES string of the molecule is C[C@H]1CCCCN1C(=O)CSc1nnc(-c2cccs2)n1C. The Kier molecular flexibility index (Phi) is 4.83. The lowest BCUT2D eigenvalue weighted by Crippen LogP contribution is -2.42. The van der Waals surface area contributed by atoms with Crippen LogP contribution in [0.4, 0.5) is 0 Å². The van der Waals surface area contributed by atoms with Crippen molar-refractivity contribution in [3.63, 3.8) is 0 Å². The lowest BCUT2D eigenvalue weighted by Gasteiger charge is -2.33. The molecule has 2 aromatic rings. The highest BCUT2D eigenvalue weighted by Gasteiger charge is 2.23. The van der Waals surface area contributed by atoms with Crippen molar-refractivity contribution in [2.45, 2.75) is 37.4 Å². The van der Waals surface area contributed by atoms with Gasteiger partial charge in [-0.15, -0.1) is 21.5 Å². The first-order valence-corrected chi connectivity index (χ1v) is 9.39. The Bertz CT molecular complexity index is 638. The quantitative estimate of drug-likeness (QED) is 0.805. The lowest BCUT2D eigenvalue weighted by molar-refractivity contribution is -0.131. The maximum Gasteiger partial charge on any atom is 0.233 e. The number of nitrogens with zero attached hydrogens (tertiary/aromatic N) is 4. The molecule has 1 saturated heterocycles. The van der Waals surface area contributed by atoms with Gasteiger partial charge in [-0.25, -0.2) is 0 Å². The summed E-state index contributed by atoms with van der Waals surface area (Å²) in [6.07, 6.45) is 3.46. The van der Waals surface area contributed by atoms with Gasteiger partial charge in [0.1, 0.15) is 0 Å². The molecule has 0 saturated carbocycles. The molecule has 1 fully saturated rings. The number of rotatable bonds is 4. The molecule has 0 aromatic carbocycles. The number of likely N-dealkylation sites (tertiary alicyclic amines) is 1. The van der Waals surface area contributed by atoms with E-state index in [2.05, 4.69) is 17.1 Å². The van der Waals surface area contributed by atoms with Crippen molar-refractivity contribution in [3.8, 4) is 10.7 Å². The summed E-state index contributed by atoms with van der Waals surface area (Å²) in [7, 11) is 1.95. The maximum absolute atomic E-state index is 12.4. The van der Waals surface area contributed by atoms with Gasteiger partial charge in [0.25, 0.3) is 0 Å². The number of hydrogen-bond acceptors (Lipinski definition) is 5. The molecule has 5 nitrogen and oxygen atoms in total. The smallest absolute Gasteiger partial charge is 0.233 e. The van der Waals surface area contributed by atoms with Crippen molar-refractivity contribution >= 4 is 29.0 Å². The first kappa shape index (κ1) is 15.6. The molecule has 0 N–H and O–H groups in total. The van der Waals surface area contributed by atoms with Crippen molar-refractivity contribution in [1.29, 1.82) is 0 Å². The number of carbonyl (C=O) groups is 1. The Morgan fingerprint density at radius 3 is 3.05 bits per heavy atom. The molecular formula is C15H20N4OS2. The second-order valence-corrected chi connectivity index (χ2v) is 7.45. The Morgan fingerprint density at radius 1 is 1.45 bits per heavy atom. The van der Waals surface area contributed by atoms with Crippen LogP contribution in [-0.2, 0) is 11.8 Å². The summed E-state index contributed by atoms with van der Waals surface area (Å²) in [6, 6.07) is 4.40. The van der Waals surface area contributed by atoms with Gasteiger partial charge < -0.3 is 9.47 Å². The molecule has 0 unspecified atom stereocenters. The molecule has 1 amide bonds. The Hall–Kier alpha value is -1.34. The van der Waals surface area contributed by atoms with Crippen molar-refractivity contribution in [3.05, 3.63) is 17.5 Å². The van der Waals surface area contributed by atoms with Gasteiger partial charge in [-0.3, -0.25) is 4.79 Å². The van der Waals surface area contributed by atoms with Crippen LogP contribution in [0.5, 0.6) is 0 Å². The van der Waals surface area contributed by atoms with Gasteiger partial charge in [-0.05, 0) is 37.6 Å². The summed E-state index contributed by atoms with van der Waals surface area (Å²) in [5, 5.41) is 11.3. The summed E-state index contributed by atoms with van der Waals surface area (Å²) in [5.74, 6) is 1.50. The average molecular weight is 336 g/mol. The van der Waals surface area contributed by atoms with E-state index < -0.39 is 0 Å². The zero-order valence-electron chi connectivity index (χ0n) is 12.9. The van der Waals surface area contributed by atoms with Crippen molar-refractivity contribution < 1.29 is 4.79 Å². The van der Waals surface area contributed by atoms with E-state index in [9.17, 15) is 4.79 Å². The molecule has 7 heteroatoms. The highest BCUT2D eigenvalue weighted by molar-refractivity contribution is 7.99. The zero-order chi connectivity index (χ0) is 15.5. The standard InChI is InChI=1S/C15H20N4OS2/c1-11-6-3-4-8-19(11)13(20)10-22-15-17-16-14(18(15)2)12-7-5-9-21-12/h5,7,9,11H,3-4,6,8,10H2,1-2H3/t11-/m0/s1. The largest absolute Gasteiger partial charge is 0.339 e. The summed E-state index contributed by atoms with van der Waals surface area (Å²) in [4.78, 5) is 15.5. The summed E-state index contributed by atoms with van der Waals surface area (Å²) in [6.45, 7) is 3.03. The van der Waals surface area contributed by atoms with Gasteiger partial charge in [0.15, 0.2) is 11.0 Å². The number of amides is 1. The average Bonchev–Trinajstić information content (AvgIpc) is 3.15. The minimum absolute atomic E-state index is 0.206. The number of aromatic nitrogens is 3. The molecule has 22 heavy (non-hydrogen) atoms. The van der Waals surface area contributed by atoms with Crippen molar-refractivity contribution in [2.75, 3.05) is 12.3 Å². The monoisotopic (exact) mass is 336 g/mol. The molecule has 3 rings (SSSR count). The first-order chi connectivity index (χ1) is 10.7. The van der Waals surface area contributed by atoms with E-state index in [0.29, 0.717) is 11.8 Å². The van der Waals surface area contributed by atoms with Crippen LogP contribution >= 0.6 is 23.1 Å². The normalized spacial score (nSPS) is 18.6. The Balaban J connectivity index is 1.63.